The Labute approximate surface area is 248 Å². The first-order valence-electron chi connectivity index (χ1n) is 16.3. The lowest BCUT2D eigenvalue weighted by molar-refractivity contribution is -0.267. The highest BCUT2D eigenvalue weighted by Crippen LogP contribution is 2.76. The number of Topliss-reactive ketones (excluding diaryl/α,β-unsaturated/α-hetero) is 1. The summed E-state index contributed by atoms with van der Waals surface area (Å²) in [4.78, 5) is 48.4. The molecule has 5 aliphatic rings. The van der Waals surface area contributed by atoms with E-state index in [1.54, 1.807) is 0 Å². The summed E-state index contributed by atoms with van der Waals surface area (Å²) in [6, 6.07) is 0.333. The molecule has 232 valence electrons. The fourth-order valence-corrected chi connectivity index (χ4v) is 11.1. The van der Waals surface area contributed by atoms with Crippen LogP contribution in [0.15, 0.2) is 11.1 Å². The number of allylic oxidation sites excluding steroid dienone is 1. The van der Waals surface area contributed by atoms with E-state index in [9.17, 15) is 14.4 Å². The van der Waals surface area contributed by atoms with Gasteiger partial charge in [-0.05, 0) is 114 Å². The molecule has 0 radical (unpaired) electrons. The number of hydrogen-bond acceptors (Lipinski definition) is 6. The molecule has 6 nitrogen and oxygen atoms in total. The van der Waals surface area contributed by atoms with Crippen molar-refractivity contribution in [3.63, 3.8) is 0 Å². The third-order valence-electron chi connectivity index (χ3n) is 12.8. The minimum Gasteiger partial charge on any atom is -0.328 e. The predicted molar refractivity (Wildman–Crippen MR) is 161 cm³/mol. The quantitative estimate of drug-likeness (QED) is 0.269. The second-order valence-corrected chi connectivity index (χ2v) is 16.3. The number of carbonyl (C=O) groups excluding carboxylic acids is 3. The summed E-state index contributed by atoms with van der Waals surface area (Å²) in [5.41, 5.74) is 6.89. The largest absolute Gasteiger partial charge is 0.366 e. The highest BCUT2D eigenvalue weighted by atomic mass is 17.2. The highest BCUT2D eigenvalue weighted by molar-refractivity contribution is 6.05. The molecule has 0 aromatic rings. The molecule has 0 amide bonds. The van der Waals surface area contributed by atoms with Gasteiger partial charge in [0.25, 0.3) is 0 Å². The first-order chi connectivity index (χ1) is 18.9. The van der Waals surface area contributed by atoms with Gasteiger partial charge in [-0.3, -0.25) is 4.79 Å². The average molecular weight is 572 g/mol. The van der Waals surface area contributed by atoms with Crippen molar-refractivity contribution in [3.8, 4) is 0 Å². The van der Waals surface area contributed by atoms with E-state index in [0.29, 0.717) is 29.2 Å². The van der Waals surface area contributed by atoms with Gasteiger partial charge in [0, 0.05) is 13.3 Å². The normalized spacial score (nSPS) is 41.0. The molecule has 0 spiro atoms. The van der Waals surface area contributed by atoms with Crippen molar-refractivity contribution < 1.29 is 24.2 Å². The Morgan fingerprint density at radius 1 is 0.829 bits per heavy atom. The zero-order chi connectivity index (χ0) is 30.8. The van der Waals surface area contributed by atoms with Crippen LogP contribution in [0.4, 0.5) is 0 Å². The van der Waals surface area contributed by atoms with Gasteiger partial charge in [-0.15, -0.1) is 0 Å². The van der Waals surface area contributed by atoms with Crippen LogP contribution in [0.1, 0.15) is 133 Å². The fraction of sp³-hybridized carbons (Fsp3) is 0.857. The summed E-state index contributed by atoms with van der Waals surface area (Å²) in [6.45, 7) is 21.9. The van der Waals surface area contributed by atoms with E-state index in [-0.39, 0.29) is 34.9 Å². The van der Waals surface area contributed by atoms with Crippen molar-refractivity contribution in [2.45, 2.75) is 139 Å². The van der Waals surface area contributed by atoms with Crippen molar-refractivity contribution in [2.24, 2.45) is 56.5 Å². The Balaban J connectivity index is 0.000000909. The van der Waals surface area contributed by atoms with Crippen molar-refractivity contribution in [1.29, 1.82) is 0 Å². The zero-order valence-corrected chi connectivity index (χ0v) is 27.6. The summed E-state index contributed by atoms with van der Waals surface area (Å²) in [5, 5.41) is 0. The number of fused-ring (bicyclic) bond motifs is 7. The van der Waals surface area contributed by atoms with E-state index in [2.05, 4.69) is 48.5 Å². The van der Waals surface area contributed by atoms with Crippen molar-refractivity contribution in [3.05, 3.63) is 11.1 Å². The van der Waals surface area contributed by atoms with E-state index in [4.69, 9.17) is 15.5 Å². The van der Waals surface area contributed by atoms with Gasteiger partial charge in [-0.2, -0.15) is 0 Å². The molecular formula is C35H57NO5. The molecule has 6 heteroatoms. The third-order valence-corrected chi connectivity index (χ3v) is 12.8. The van der Waals surface area contributed by atoms with Crippen molar-refractivity contribution >= 4 is 17.7 Å². The van der Waals surface area contributed by atoms with Gasteiger partial charge in [-0.1, -0.05) is 68.7 Å². The third kappa shape index (κ3) is 4.92. The van der Waals surface area contributed by atoms with Crippen LogP contribution in [0.25, 0.3) is 0 Å². The molecule has 0 unspecified atom stereocenters. The van der Waals surface area contributed by atoms with E-state index < -0.39 is 17.4 Å². The molecule has 0 bridgehead atoms. The summed E-state index contributed by atoms with van der Waals surface area (Å²) < 4.78 is 0. The summed E-state index contributed by atoms with van der Waals surface area (Å²) in [5.74, 6) is 0.496. The molecule has 41 heavy (non-hydrogen) atoms. The maximum atomic E-state index is 13.6. The molecule has 0 heterocycles. The van der Waals surface area contributed by atoms with Crippen LogP contribution in [0.2, 0.25) is 0 Å². The summed E-state index contributed by atoms with van der Waals surface area (Å²) in [7, 11) is 0. The first kappa shape index (κ1) is 32.2. The first-order valence-corrected chi connectivity index (χ1v) is 16.3. The summed E-state index contributed by atoms with van der Waals surface area (Å²) in [6.07, 6.45) is 10.3. The fourth-order valence-electron chi connectivity index (χ4n) is 11.1. The van der Waals surface area contributed by atoms with Gasteiger partial charge >= 0.3 is 11.9 Å². The maximum absolute atomic E-state index is 13.6. The van der Waals surface area contributed by atoms with Crippen LogP contribution >= 0.6 is 0 Å². The van der Waals surface area contributed by atoms with E-state index >= 15 is 0 Å². The number of ketones is 1. The van der Waals surface area contributed by atoms with Gasteiger partial charge in [0.05, 0.1) is 0 Å². The van der Waals surface area contributed by atoms with Gasteiger partial charge in [0.1, 0.15) is 5.41 Å². The second kappa shape index (κ2) is 10.8. The van der Waals surface area contributed by atoms with E-state index in [1.807, 2.05) is 13.8 Å². The Kier molecular flexibility index (Phi) is 8.48. The molecule has 0 aromatic carbocycles. The number of carbonyl (C=O) groups is 3. The monoisotopic (exact) mass is 571 g/mol. The highest BCUT2D eigenvalue weighted by Gasteiger charge is 2.70. The smallest absolute Gasteiger partial charge is 0.328 e. The molecule has 7 atom stereocenters. The topological polar surface area (TPSA) is 95.7 Å². The Morgan fingerprint density at radius 3 is 2.05 bits per heavy atom. The lowest BCUT2D eigenvalue weighted by Gasteiger charge is -2.71. The maximum Gasteiger partial charge on any atom is 0.366 e. The molecule has 0 saturated heterocycles. The van der Waals surface area contributed by atoms with Crippen LogP contribution in [0.3, 0.4) is 0 Å². The standard InChI is InChI=1S/C32H48O5.C3H9N/c1-19(2)25-22(34)18-32(27(35)37-36-20(3)33)17-16-30(7)21(26(25)32)10-11-24-29(6)14-9-13-28(4,5)23(29)12-15-31(24,30)8;1-3(2)4/h19,21,23-24H,9-18H2,1-8H3;3H,4H2,1-2H3/t21-,23+,24-,29+,30-,31-,32-;/m1./s1. The van der Waals surface area contributed by atoms with Crippen LogP contribution in [-0.4, -0.2) is 23.8 Å². The van der Waals surface area contributed by atoms with Gasteiger partial charge in [0.15, 0.2) is 5.78 Å². The van der Waals surface area contributed by atoms with Crippen molar-refractivity contribution in [1.82, 2.24) is 0 Å². The van der Waals surface area contributed by atoms with Crippen LogP contribution in [-0.2, 0) is 24.2 Å². The Hall–Kier alpha value is -1.69. The SMILES string of the molecule is CC(=O)OOC(=O)[C@@]12CC[C@]3(C)[C@H](CC[C@@H]4[C@@]5(C)CCCC(C)(C)[C@@H]5CC[C@]43C)C1=C(C(C)C)C(=O)C2.CC(C)N. The Bertz CT molecular complexity index is 1100. The van der Waals surface area contributed by atoms with E-state index in [1.165, 1.54) is 39.0 Å². The van der Waals surface area contributed by atoms with Gasteiger partial charge in [-0.25, -0.2) is 19.4 Å². The zero-order valence-electron chi connectivity index (χ0n) is 27.6. The molecule has 0 aliphatic heterocycles. The Morgan fingerprint density at radius 2 is 1.46 bits per heavy atom. The number of hydrogen-bond donors (Lipinski definition) is 1. The molecule has 4 saturated carbocycles. The second-order valence-electron chi connectivity index (χ2n) is 16.3. The van der Waals surface area contributed by atoms with Gasteiger partial charge in [0.2, 0.25) is 0 Å². The molecule has 0 aromatic heterocycles. The van der Waals surface area contributed by atoms with E-state index in [0.717, 1.165) is 36.3 Å². The molecular weight excluding hydrogens is 514 g/mol. The van der Waals surface area contributed by atoms with Gasteiger partial charge < -0.3 is 5.73 Å². The number of nitrogens with two attached hydrogens (primary N) is 1. The molecule has 2 N–H and O–H groups in total. The predicted octanol–water partition coefficient (Wildman–Crippen LogP) is 7.73. The van der Waals surface area contributed by atoms with Crippen LogP contribution in [0, 0.1) is 50.7 Å². The summed E-state index contributed by atoms with van der Waals surface area (Å²) >= 11 is 0. The molecule has 4 fully saturated rings. The lowest BCUT2D eigenvalue weighted by Crippen LogP contribution is -2.64. The van der Waals surface area contributed by atoms with Crippen molar-refractivity contribution in [2.75, 3.05) is 0 Å². The molecule has 5 aliphatic carbocycles. The minimum absolute atomic E-state index is 0.0107. The molecule has 5 rings (SSSR count). The lowest BCUT2D eigenvalue weighted by atomic mass is 9.33. The van der Waals surface area contributed by atoms with Crippen LogP contribution < -0.4 is 5.73 Å². The number of rotatable bonds is 2. The minimum atomic E-state index is -0.993. The average Bonchev–Trinajstić information content (AvgIpc) is 3.15. The van der Waals surface area contributed by atoms with Crippen LogP contribution in [0.5, 0.6) is 0 Å².